The fourth-order valence-electron chi connectivity index (χ4n) is 2.59. The number of benzene rings is 1. The Bertz CT molecular complexity index is 1030. The SMILES string of the molecule is Cc1ccc2[nH]ncc2c1-c1ccn2nc(C(=O)O)cc2n1. The second-order valence-electron chi connectivity index (χ2n) is 5.04. The third-order valence-electron chi connectivity index (χ3n) is 3.63. The molecule has 4 aromatic rings. The number of hydrogen-bond acceptors (Lipinski definition) is 4. The molecule has 0 atom stereocenters. The maximum atomic E-state index is 11.0. The summed E-state index contributed by atoms with van der Waals surface area (Å²) in [6.07, 6.45) is 3.48. The summed E-state index contributed by atoms with van der Waals surface area (Å²) in [7, 11) is 0. The lowest BCUT2D eigenvalue weighted by molar-refractivity contribution is 0.0690. The number of fused-ring (bicyclic) bond motifs is 2. The molecule has 0 aliphatic heterocycles. The van der Waals surface area contributed by atoms with Crippen molar-refractivity contribution in [2.75, 3.05) is 0 Å². The normalized spacial score (nSPS) is 11.3. The van der Waals surface area contributed by atoms with Crippen molar-refractivity contribution in [1.29, 1.82) is 0 Å². The smallest absolute Gasteiger partial charge is 0.356 e. The summed E-state index contributed by atoms with van der Waals surface area (Å²) >= 11 is 0. The fraction of sp³-hybridized carbons (Fsp3) is 0.0667. The predicted molar refractivity (Wildman–Crippen MR) is 79.8 cm³/mol. The largest absolute Gasteiger partial charge is 0.476 e. The molecule has 1 aromatic carbocycles. The molecule has 3 aromatic heterocycles. The summed E-state index contributed by atoms with van der Waals surface area (Å²) in [5.41, 5.74) is 4.21. The minimum atomic E-state index is -1.07. The number of aromatic amines is 1. The van der Waals surface area contributed by atoms with E-state index in [1.165, 1.54) is 10.6 Å². The molecule has 2 N–H and O–H groups in total. The van der Waals surface area contributed by atoms with Gasteiger partial charge in [-0.1, -0.05) is 6.07 Å². The fourth-order valence-corrected chi connectivity index (χ4v) is 2.59. The molecule has 0 spiro atoms. The van der Waals surface area contributed by atoms with Crippen LogP contribution in [0.15, 0.2) is 36.7 Å². The summed E-state index contributed by atoms with van der Waals surface area (Å²) in [5, 5.41) is 21.0. The van der Waals surface area contributed by atoms with Gasteiger partial charge in [0.25, 0.3) is 0 Å². The van der Waals surface area contributed by atoms with Gasteiger partial charge in [-0.15, -0.1) is 0 Å². The van der Waals surface area contributed by atoms with E-state index in [0.29, 0.717) is 5.65 Å². The van der Waals surface area contributed by atoms with Crippen molar-refractivity contribution in [2.45, 2.75) is 6.92 Å². The average molecular weight is 293 g/mol. The third-order valence-corrected chi connectivity index (χ3v) is 3.63. The molecule has 22 heavy (non-hydrogen) atoms. The van der Waals surface area contributed by atoms with Crippen molar-refractivity contribution in [1.82, 2.24) is 24.8 Å². The molecule has 4 rings (SSSR count). The summed E-state index contributed by atoms with van der Waals surface area (Å²) in [6.45, 7) is 2.01. The Hall–Kier alpha value is -3.22. The molecular formula is C15H11N5O2. The Balaban J connectivity index is 1.98. The molecule has 0 amide bonds. The van der Waals surface area contributed by atoms with Crippen LogP contribution in [0.2, 0.25) is 0 Å². The van der Waals surface area contributed by atoms with Crippen LogP contribution in [0.5, 0.6) is 0 Å². The van der Waals surface area contributed by atoms with Crippen molar-refractivity contribution in [3.63, 3.8) is 0 Å². The maximum Gasteiger partial charge on any atom is 0.356 e. The Labute approximate surface area is 124 Å². The molecule has 0 bridgehead atoms. The number of rotatable bonds is 2. The van der Waals surface area contributed by atoms with Crippen LogP contribution in [-0.2, 0) is 0 Å². The molecule has 0 saturated carbocycles. The van der Waals surface area contributed by atoms with Gasteiger partial charge < -0.3 is 5.11 Å². The lowest BCUT2D eigenvalue weighted by Gasteiger charge is -2.07. The molecule has 0 unspecified atom stereocenters. The van der Waals surface area contributed by atoms with Gasteiger partial charge in [0.2, 0.25) is 0 Å². The molecule has 108 valence electrons. The molecule has 0 saturated heterocycles. The first-order valence-electron chi connectivity index (χ1n) is 6.66. The number of H-pyrrole nitrogens is 1. The highest BCUT2D eigenvalue weighted by molar-refractivity contribution is 5.95. The quantitative estimate of drug-likeness (QED) is 0.591. The summed E-state index contributed by atoms with van der Waals surface area (Å²) in [5.74, 6) is -1.07. The second kappa shape index (κ2) is 4.39. The van der Waals surface area contributed by atoms with Gasteiger partial charge in [-0.25, -0.2) is 14.3 Å². The van der Waals surface area contributed by atoms with Gasteiger partial charge in [0.15, 0.2) is 11.3 Å². The van der Waals surface area contributed by atoms with Gasteiger partial charge in [-0.2, -0.15) is 10.2 Å². The van der Waals surface area contributed by atoms with Crippen LogP contribution in [0.4, 0.5) is 0 Å². The van der Waals surface area contributed by atoms with Crippen molar-refractivity contribution < 1.29 is 9.90 Å². The van der Waals surface area contributed by atoms with Crippen molar-refractivity contribution in [3.05, 3.63) is 47.9 Å². The van der Waals surface area contributed by atoms with Crippen LogP contribution in [0.1, 0.15) is 16.1 Å². The van der Waals surface area contributed by atoms with E-state index in [1.807, 2.05) is 25.1 Å². The Kier molecular flexibility index (Phi) is 2.50. The molecular weight excluding hydrogens is 282 g/mol. The minimum Gasteiger partial charge on any atom is -0.476 e. The standard InChI is InChI=1S/C15H11N5O2/c1-8-2-3-10-9(7-16-18-10)14(8)11-4-5-20-13(17-11)6-12(19-20)15(21)22/h2-7H,1H3,(H,16,18)(H,21,22). The number of aryl methyl sites for hydroxylation is 1. The van der Waals surface area contributed by atoms with E-state index in [9.17, 15) is 4.79 Å². The van der Waals surface area contributed by atoms with E-state index in [2.05, 4.69) is 20.3 Å². The van der Waals surface area contributed by atoms with Crippen LogP contribution in [0.25, 0.3) is 27.8 Å². The summed E-state index contributed by atoms with van der Waals surface area (Å²) < 4.78 is 1.46. The molecule has 0 radical (unpaired) electrons. The van der Waals surface area contributed by atoms with Crippen molar-refractivity contribution >= 4 is 22.5 Å². The highest BCUT2D eigenvalue weighted by atomic mass is 16.4. The van der Waals surface area contributed by atoms with E-state index in [4.69, 9.17) is 5.11 Å². The third kappa shape index (κ3) is 1.76. The summed E-state index contributed by atoms with van der Waals surface area (Å²) in [4.78, 5) is 15.5. The van der Waals surface area contributed by atoms with Crippen LogP contribution < -0.4 is 0 Å². The zero-order valence-corrected chi connectivity index (χ0v) is 11.6. The minimum absolute atomic E-state index is 0.0251. The first kappa shape index (κ1) is 12.5. The highest BCUT2D eigenvalue weighted by Gasteiger charge is 2.13. The number of carbonyl (C=O) groups is 1. The lowest BCUT2D eigenvalue weighted by Crippen LogP contribution is -1.97. The number of carboxylic acids is 1. The number of aromatic carboxylic acids is 1. The number of hydrogen-bond donors (Lipinski definition) is 2. The Morgan fingerprint density at radius 1 is 1.32 bits per heavy atom. The van der Waals surface area contributed by atoms with E-state index >= 15 is 0 Å². The summed E-state index contributed by atoms with van der Waals surface area (Å²) in [6, 6.07) is 7.25. The van der Waals surface area contributed by atoms with E-state index in [-0.39, 0.29) is 5.69 Å². The first-order chi connectivity index (χ1) is 10.6. The maximum absolute atomic E-state index is 11.0. The van der Waals surface area contributed by atoms with Crippen LogP contribution in [-0.4, -0.2) is 35.9 Å². The van der Waals surface area contributed by atoms with Gasteiger partial charge in [0, 0.05) is 23.2 Å². The van der Waals surface area contributed by atoms with E-state index < -0.39 is 5.97 Å². The van der Waals surface area contributed by atoms with Gasteiger partial charge in [-0.3, -0.25) is 5.10 Å². The Morgan fingerprint density at radius 2 is 2.18 bits per heavy atom. The monoisotopic (exact) mass is 293 g/mol. The van der Waals surface area contributed by atoms with Crippen LogP contribution in [0.3, 0.4) is 0 Å². The second-order valence-corrected chi connectivity index (χ2v) is 5.04. The molecule has 0 aliphatic carbocycles. The lowest BCUT2D eigenvalue weighted by atomic mass is 10.0. The Morgan fingerprint density at radius 3 is 3.00 bits per heavy atom. The van der Waals surface area contributed by atoms with Crippen molar-refractivity contribution in [2.24, 2.45) is 0 Å². The predicted octanol–water partition coefficient (Wildman–Crippen LogP) is 2.28. The number of carboxylic acid groups (broad SMARTS) is 1. The van der Waals surface area contributed by atoms with Gasteiger partial charge in [0.1, 0.15) is 0 Å². The number of nitrogens with zero attached hydrogens (tertiary/aromatic N) is 4. The number of nitrogens with one attached hydrogen (secondary N) is 1. The van der Waals surface area contributed by atoms with E-state index in [0.717, 1.165) is 27.7 Å². The van der Waals surface area contributed by atoms with Crippen LogP contribution >= 0.6 is 0 Å². The van der Waals surface area contributed by atoms with Gasteiger partial charge in [-0.05, 0) is 24.6 Å². The van der Waals surface area contributed by atoms with Crippen molar-refractivity contribution in [3.8, 4) is 11.3 Å². The molecule has 0 fully saturated rings. The molecule has 7 heteroatoms. The molecule has 7 nitrogen and oxygen atoms in total. The molecule has 0 aliphatic rings. The average Bonchev–Trinajstić information content (AvgIpc) is 3.12. The first-order valence-corrected chi connectivity index (χ1v) is 6.66. The zero-order chi connectivity index (χ0) is 15.3. The van der Waals surface area contributed by atoms with Gasteiger partial charge >= 0.3 is 5.97 Å². The van der Waals surface area contributed by atoms with E-state index in [1.54, 1.807) is 12.4 Å². The highest BCUT2D eigenvalue weighted by Crippen LogP contribution is 2.29. The zero-order valence-electron chi connectivity index (χ0n) is 11.6. The topological polar surface area (TPSA) is 96.2 Å². The molecule has 3 heterocycles. The van der Waals surface area contributed by atoms with Gasteiger partial charge in [0.05, 0.1) is 17.4 Å². The van der Waals surface area contributed by atoms with Crippen LogP contribution in [0, 0.1) is 6.92 Å². The number of aromatic nitrogens is 5.